The molecule has 3 N–H and O–H groups in total. The number of carbonyl (C=O) groups is 2. The molecular formula is C26H31N3O4. The number of benzene rings is 2. The number of fused-ring (bicyclic) bond motifs is 3. The van der Waals surface area contributed by atoms with Crippen LogP contribution in [0.2, 0.25) is 0 Å². The van der Waals surface area contributed by atoms with Gasteiger partial charge in [-0.3, -0.25) is 9.59 Å². The minimum Gasteiger partial charge on any atom is -0.390 e. The second-order valence-corrected chi connectivity index (χ2v) is 9.36. The van der Waals surface area contributed by atoms with Crippen molar-refractivity contribution in [2.75, 3.05) is 26.3 Å². The lowest BCUT2D eigenvalue weighted by Crippen LogP contribution is -2.49. The smallest absolute Gasteiger partial charge is 0.254 e. The van der Waals surface area contributed by atoms with E-state index in [9.17, 15) is 14.7 Å². The number of amides is 2. The molecule has 2 bridgehead atoms. The van der Waals surface area contributed by atoms with Crippen LogP contribution >= 0.6 is 0 Å². The number of ether oxygens (including phenoxy) is 1. The second-order valence-electron chi connectivity index (χ2n) is 9.36. The molecule has 174 valence electrons. The van der Waals surface area contributed by atoms with Crippen molar-refractivity contribution in [2.45, 2.75) is 49.9 Å². The molecule has 7 heteroatoms. The first kappa shape index (κ1) is 22.1. The van der Waals surface area contributed by atoms with Crippen LogP contribution in [0, 0.1) is 0 Å². The first-order valence-electron chi connectivity index (χ1n) is 11.9. The number of carbonyl (C=O) groups excluding carboxylic acids is 2. The van der Waals surface area contributed by atoms with Gasteiger partial charge in [0.25, 0.3) is 11.8 Å². The van der Waals surface area contributed by atoms with E-state index < -0.39 is 6.10 Å². The van der Waals surface area contributed by atoms with Crippen molar-refractivity contribution >= 4 is 11.8 Å². The standard InChI is InChI=1S/C26H31N3O4/c30-24(13-27-21-11-19-3-1-2-4-20(19)12-21)14-28-25(31)17-5-7-18(8-6-17)26(32)29-22-9-10-23(29)16-33-15-22/h1-8,21-24,27,30H,9-16H2,(H,28,31). The lowest BCUT2D eigenvalue weighted by molar-refractivity contribution is -0.00716. The van der Waals surface area contributed by atoms with Crippen molar-refractivity contribution in [1.82, 2.24) is 15.5 Å². The summed E-state index contributed by atoms with van der Waals surface area (Å²) in [6, 6.07) is 15.8. The Morgan fingerprint density at radius 3 is 2.18 bits per heavy atom. The fourth-order valence-corrected chi connectivity index (χ4v) is 5.26. The number of aliphatic hydroxyl groups excluding tert-OH is 1. The van der Waals surface area contributed by atoms with E-state index >= 15 is 0 Å². The Hall–Kier alpha value is -2.74. The Labute approximate surface area is 194 Å². The summed E-state index contributed by atoms with van der Waals surface area (Å²) in [5.74, 6) is -0.249. The van der Waals surface area contributed by atoms with Gasteiger partial charge in [0.1, 0.15) is 0 Å². The summed E-state index contributed by atoms with van der Waals surface area (Å²) >= 11 is 0. The monoisotopic (exact) mass is 449 g/mol. The molecule has 5 rings (SSSR count). The largest absolute Gasteiger partial charge is 0.390 e. The summed E-state index contributed by atoms with van der Waals surface area (Å²) in [6.45, 7) is 1.80. The molecule has 0 spiro atoms. The molecule has 7 nitrogen and oxygen atoms in total. The van der Waals surface area contributed by atoms with Crippen LogP contribution in [0.1, 0.15) is 44.7 Å². The van der Waals surface area contributed by atoms with Crippen molar-refractivity contribution in [3.63, 3.8) is 0 Å². The third-order valence-electron chi connectivity index (χ3n) is 7.06. The van der Waals surface area contributed by atoms with E-state index in [2.05, 4.69) is 34.9 Å². The Morgan fingerprint density at radius 1 is 0.939 bits per heavy atom. The highest BCUT2D eigenvalue weighted by Gasteiger charge is 2.40. The third-order valence-corrected chi connectivity index (χ3v) is 7.06. The van der Waals surface area contributed by atoms with Gasteiger partial charge in [0.2, 0.25) is 0 Å². The van der Waals surface area contributed by atoms with E-state index in [4.69, 9.17) is 4.74 Å². The van der Waals surface area contributed by atoms with Crippen molar-refractivity contribution in [2.24, 2.45) is 0 Å². The van der Waals surface area contributed by atoms with Crippen LogP contribution in [-0.2, 0) is 17.6 Å². The molecule has 3 atom stereocenters. The molecule has 0 aromatic heterocycles. The predicted molar refractivity (Wildman–Crippen MR) is 124 cm³/mol. The molecule has 2 amide bonds. The van der Waals surface area contributed by atoms with Crippen LogP contribution in [0.5, 0.6) is 0 Å². The van der Waals surface area contributed by atoms with E-state index in [1.807, 2.05) is 4.90 Å². The van der Waals surface area contributed by atoms with Gasteiger partial charge in [0.05, 0.1) is 31.4 Å². The molecular weight excluding hydrogens is 418 g/mol. The zero-order valence-electron chi connectivity index (χ0n) is 18.7. The molecule has 2 heterocycles. The molecule has 2 aliphatic heterocycles. The predicted octanol–water partition coefficient (Wildman–Crippen LogP) is 1.54. The van der Waals surface area contributed by atoms with Crippen molar-refractivity contribution in [1.29, 1.82) is 0 Å². The van der Waals surface area contributed by atoms with E-state index in [0.29, 0.717) is 36.9 Å². The van der Waals surface area contributed by atoms with Gasteiger partial charge in [-0.2, -0.15) is 0 Å². The van der Waals surface area contributed by atoms with Crippen LogP contribution in [-0.4, -0.2) is 72.4 Å². The summed E-state index contributed by atoms with van der Waals surface area (Å²) in [4.78, 5) is 27.4. The highest BCUT2D eigenvalue weighted by Crippen LogP contribution is 2.30. The van der Waals surface area contributed by atoms with Gasteiger partial charge in [0.15, 0.2) is 0 Å². The van der Waals surface area contributed by atoms with E-state index in [1.54, 1.807) is 24.3 Å². The molecule has 0 radical (unpaired) electrons. The molecule has 0 saturated carbocycles. The number of rotatable bonds is 7. The van der Waals surface area contributed by atoms with E-state index in [-0.39, 0.29) is 30.4 Å². The molecule has 3 unspecified atom stereocenters. The minimum absolute atomic E-state index is 0.00770. The van der Waals surface area contributed by atoms with Crippen LogP contribution in [0.3, 0.4) is 0 Å². The number of morpholine rings is 1. The highest BCUT2D eigenvalue weighted by atomic mass is 16.5. The number of nitrogens with zero attached hydrogens (tertiary/aromatic N) is 1. The van der Waals surface area contributed by atoms with Crippen molar-refractivity contribution in [3.8, 4) is 0 Å². The van der Waals surface area contributed by atoms with E-state index in [0.717, 1.165) is 25.7 Å². The minimum atomic E-state index is -0.671. The summed E-state index contributed by atoms with van der Waals surface area (Å²) in [5, 5.41) is 16.5. The van der Waals surface area contributed by atoms with Crippen LogP contribution < -0.4 is 10.6 Å². The Morgan fingerprint density at radius 2 is 1.55 bits per heavy atom. The number of nitrogens with one attached hydrogen (secondary N) is 2. The Balaban J connectivity index is 1.08. The number of hydrogen-bond acceptors (Lipinski definition) is 5. The van der Waals surface area contributed by atoms with Crippen LogP contribution in [0.25, 0.3) is 0 Å². The molecule has 1 aliphatic carbocycles. The van der Waals surface area contributed by atoms with E-state index in [1.165, 1.54) is 11.1 Å². The first-order valence-corrected chi connectivity index (χ1v) is 11.9. The maximum absolute atomic E-state index is 12.9. The zero-order chi connectivity index (χ0) is 22.8. The molecule has 2 aromatic rings. The van der Waals surface area contributed by atoms with Gasteiger partial charge in [-0.05, 0) is 61.1 Å². The Kier molecular flexibility index (Phi) is 6.44. The first-order chi connectivity index (χ1) is 16.1. The zero-order valence-corrected chi connectivity index (χ0v) is 18.7. The summed E-state index contributed by atoms with van der Waals surface area (Å²) < 4.78 is 5.56. The normalized spacial score (nSPS) is 22.8. The van der Waals surface area contributed by atoms with Crippen LogP contribution in [0.4, 0.5) is 0 Å². The fourth-order valence-electron chi connectivity index (χ4n) is 5.26. The van der Waals surface area contributed by atoms with Crippen LogP contribution in [0.15, 0.2) is 48.5 Å². The van der Waals surface area contributed by atoms with Gasteiger partial charge in [0, 0.05) is 30.3 Å². The molecule has 2 saturated heterocycles. The third kappa shape index (κ3) is 4.81. The lowest BCUT2D eigenvalue weighted by Gasteiger charge is -2.34. The van der Waals surface area contributed by atoms with Gasteiger partial charge in [-0.25, -0.2) is 0 Å². The molecule has 2 aromatic carbocycles. The Bertz CT molecular complexity index is 968. The summed E-state index contributed by atoms with van der Waals surface area (Å²) in [5.41, 5.74) is 3.79. The average Bonchev–Trinajstić information content (AvgIpc) is 3.37. The fraction of sp³-hybridized carbons (Fsp3) is 0.462. The number of aliphatic hydroxyl groups is 1. The molecule has 2 fully saturated rings. The summed E-state index contributed by atoms with van der Waals surface area (Å²) in [6.07, 6.45) is 3.23. The lowest BCUT2D eigenvalue weighted by atomic mass is 10.1. The van der Waals surface area contributed by atoms with Gasteiger partial charge in [-0.15, -0.1) is 0 Å². The number of hydrogen-bond donors (Lipinski definition) is 3. The molecule has 33 heavy (non-hydrogen) atoms. The maximum atomic E-state index is 12.9. The molecule has 3 aliphatic rings. The average molecular weight is 450 g/mol. The van der Waals surface area contributed by atoms with Crippen molar-refractivity contribution in [3.05, 3.63) is 70.8 Å². The summed E-state index contributed by atoms with van der Waals surface area (Å²) in [7, 11) is 0. The quantitative estimate of drug-likeness (QED) is 0.597. The van der Waals surface area contributed by atoms with Gasteiger partial charge >= 0.3 is 0 Å². The maximum Gasteiger partial charge on any atom is 0.254 e. The highest BCUT2D eigenvalue weighted by molar-refractivity contribution is 5.98. The van der Waals surface area contributed by atoms with Gasteiger partial charge in [-0.1, -0.05) is 24.3 Å². The van der Waals surface area contributed by atoms with Crippen molar-refractivity contribution < 1.29 is 19.4 Å². The second kappa shape index (κ2) is 9.63. The SMILES string of the molecule is O=C(NCC(O)CNC1Cc2ccccc2C1)c1ccc(C(=O)N2C3CCC2COC3)cc1. The van der Waals surface area contributed by atoms with Gasteiger partial charge < -0.3 is 25.4 Å². The topological polar surface area (TPSA) is 90.9 Å².